The van der Waals surface area contributed by atoms with Crippen LogP contribution in [0.25, 0.3) is 0 Å². The summed E-state index contributed by atoms with van der Waals surface area (Å²) >= 11 is 0. The van der Waals surface area contributed by atoms with Crippen molar-refractivity contribution in [2.45, 2.75) is 38.6 Å². The van der Waals surface area contributed by atoms with Crippen LogP contribution in [0.1, 0.15) is 32.6 Å². The Bertz CT molecular complexity index is 289. The van der Waals surface area contributed by atoms with E-state index in [4.69, 9.17) is 10.5 Å². The van der Waals surface area contributed by atoms with E-state index < -0.39 is 0 Å². The van der Waals surface area contributed by atoms with Crippen molar-refractivity contribution < 1.29 is 9.53 Å². The topological polar surface area (TPSA) is 55.6 Å². The standard InChI is InChI=1S/C13H24N2O2/c1-10(14)12(16)15-7-11-5-3-4-6-13(11,8-15)9-17-2/h10-11H,3-9,14H2,1-2H3/t10-,11+,13-/m1/s1. The summed E-state index contributed by atoms with van der Waals surface area (Å²) in [5.74, 6) is 0.703. The monoisotopic (exact) mass is 240 g/mol. The predicted molar refractivity (Wildman–Crippen MR) is 66.5 cm³/mol. The van der Waals surface area contributed by atoms with Gasteiger partial charge in [0.15, 0.2) is 0 Å². The van der Waals surface area contributed by atoms with Crippen molar-refractivity contribution >= 4 is 5.91 Å². The number of likely N-dealkylation sites (tertiary alicyclic amines) is 1. The molecule has 2 rings (SSSR count). The van der Waals surface area contributed by atoms with E-state index in [0.29, 0.717) is 5.92 Å². The number of amides is 1. The van der Waals surface area contributed by atoms with Crippen molar-refractivity contribution in [2.24, 2.45) is 17.1 Å². The van der Waals surface area contributed by atoms with Gasteiger partial charge in [-0.3, -0.25) is 4.79 Å². The average Bonchev–Trinajstić information content (AvgIpc) is 2.67. The first-order valence-corrected chi connectivity index (χ1v) is 6.62. The molecule has 1 heterocycles. The first kappa shape index (κ1) is 12.8. The Balaban J connectivity index is 2.10. The summed E-state index contributed by atoms with van der Waals surface area (Å²) in [4.78, 5) is 14.0. The van der Waals surface area contributed by atoms with Crippen LogP contribution in [0.2, 0.25) is 0 Å². The SMILES string of the molecule is COC[C@]12CCCC[C@H]1CN(C(=O)[C@@H](C)N)C2. The Morgan fingerprint density at radius 3 is 3.00 bits per heavy atom. The van der Waals surface area contributed by atoms with E-state index in [1.807, 2.05) is 4.90 Å². The van der Waals surface area contributed by atoms with Crippen LogP contribution in [-0.2, 0) is 9.53 Å². The molecule has 0 bridgehead atoms. The van der Waals surface area contributed by atoms with E-state index >= 15 is 0 Å². The molecule has 1 saturated carbocycles. The second kappa shape index (κ2) is 4.94. The fourth-order valence-electron chi connectivity index (χ4n) is 3.56. The zero-order valence-electron chi connectivity index (χ0n) is 10.9. The van der Waals surface area contributed by atoms with Crippen LogP contribution in [0, 0.1) is 11.3 Å². The van der Waals surface area contributed by atoms with Crippen molar-refractivity contribution in [3.05, 3.63) is 0 Å². The second-order valence-corrected chi connectivity index (χ2v) is 5.75. The summed E-state index contributed by atoms with van der Waals surface area (Å²) in [7, 11) is 1.76. The zero-order valence-corrected chi connectivity index (χ0v) is 10.9. The van der Waals surface area contributed by atoms with Crippen LogP contribution in [0.5, 0.6) is 0 Å². The summed E-state index contributed by atoms with van der Waals surface area (Å²) in [5.41, 5.74) is 5.91. The van der Waals surface area contributed by atoms with Gasteiger partial charge in [0.25, 0.3) is 0 Å². The van der Waals surface area contributed by atoms with Crippen molar-refractivity contribution in [1.29, 1.82) is 0 Å². The van der Waals surface area contributed by atoms with E-state index in [1.54, 1.807) is 14.0 Å². The number of ether oxygens (including phenoxy) is 1. The molecule has 98 valence electrons. The lowest BCUT2D eigenvalue weighted by Gasteiger charge is -2.37. The molecule has 2 aliphatic rings. The third kappa shape index (κ3) is 2.33. The van der Waals surface area contributed by atoms with E-state index in [1.165, 1.54) is 25.7 Å². The highest BCUT2D eigenvalue weighted by Crippen LogP contribution is 2.46. The highest BCUT2D eigenvalue weighted by atomic mass is 16.5. The Morgan fingerprint density at radius 2 is 2.35 bits per heavy atom. The molecule has 4 nitrogen and oxygen atoms in total. The number of hydrogen-bond acceptors (Lipinski definition) is 3. The number of methoxy groups -OCH3 is 1. The molecule has 0 radical (unpaired) electrons. The quantitative estimate of drug-likeness (QED) is 0.800. The molecule has 0 aromatic heterocycles. The molecule has 1 saturated heterocycles. The van der Waals surface area contributed by atoms with Gasteiger partial charge in [-0.05, 0) is 25.7 Å². The van der Waals surface area contributed by atoms with Gasteiger partial charge in [-0.15, -0.1) is 0 Å². The van der Waals surface area contributed by atoms with Gasteiger partial charge in [0.1, 0.15) is 0 Å². The normalized spacial score (nSPS) is 34.5. The van der Waals surface area contributed by atoms with Crippen LogP contribution < -0.4 is 5.73 Å². The molecular formula is C13H24N2O2. The Morgan fingerprint density at radius 1 is 1.59 bits per heavy atom. The maximum Gasteiger partial charge on any atom is 0.239 e. The van der Waals surface area contributed by atoms with Crippen molar-refractivity contribution in [3.63, 3.8) is 0 Å². The van der Waals surface area contributed by atoms with Gasteiger partial charge in [-0.1, -0.05) is 12.8 Å². The number of carbonyl (C=O) groups is 1. The third-order valence-corrected chi connectivity index (χ3v) is 4.42. The van der Waals surface area contributed by atoms with Gasteiger partial charge in [-0.2, -0.15) is 0 Å². The minimum Gasteiger partial charge on any atom is -0.384 e. The summed E-state index contributed by atoms with van der Waals surface area (Å²) in [6, 6.07) is -0.380. The van der Waals surface area contributed by atoms with Gasteiger partial charge < -0.3 is 15.4 Å². The molecule has 1 amide bonds. The number of hydrogen-bond donors (Lipinski definition) is 1. The number of fused-ring (bicyclic) bond motifs is 1. The fraction of sp³-hybridized carbons (Fsp3) is 0.923. The minimum absolute atomic E-state index is 0.0925. The second-order valence-electron chi connectivity index (χ2n) is 5.75. The third-order valence-electron chi connectivity index (χ3n) is 4.42. The van der Waals surface area contributed by atoms with Gasteiger partial charge >= 0.3 is 0 Å². The predicted octanol–water partition coefficient (Wildman–Crippen LogP) is 0.999. The van der Waals surface area contributed by atoms with Crippen LogP contribution in [0.3, 0.4) is 0 Å². The molecular weight excluding hydrogens is 216 g/mol. The first-order chi connectivity index (χ1) is 8.09. The Kier molecular flexibility index (Phi) is 3.73. The molecule has 17 heavy (non-hydrogen) atoms. The summed E-state index contributed by atoms with van der Waals surface area (Å²) in [6.45, 7) is 4.27. The summed E-state index contributed by atoms with van der Waals surface area (Å²) < 4.78 is 5.41. The van der Waals surface area contributed by atoms with Gasteiger partial charge in [0, 0.05) is 25.6 Å². The highest BCUT2D eigenvalue weighted by molar-refractivity contribution is 5.81. The first-order valence-electron chi connectivity index (χ1n) is 6.62. The molecule has 0 spiro atoms. The number of carbonyl (C=O) groups excluding carboxylic acids is 1. The molecule has 1 aliphatic carbocycles. The molecule has 3 atom stereocenters. The van der Waals surface area contributed by atoms with Crippen LogP contribution >= 0.6 is 0 Å². The Labute approximate surface area is 103 Å². The van der Waals surface area contributed by atoms with Crippen LogP contribution in [0.15, 0.2) is 0 Å². The molecule has 0 aromatic carbocycles. The summed E-state index contributed by atoms with van der Waals surface area (Å²) in [5, 5.41) is 0. The molecule has 0 unspecified atom stereocenters. The van der Waals surface area contributed by atoms with E-state index in [0.717, 1.165) is 19.7 Å². The molecule has 2 N–H and O–H groups in total. The van der Waals surface area contributed by atoms with Crippen LogP contribution in [0.4, 0.5) is 0 Å². The number of rotatable bonds is 3. The Hall–Kier alpha value is -0.610. The lowest BCUT2D eigenvalue weighted by molar-refractivity contribution is -0.131. The van der Waals surface area contributed by atoms with Gasteiger partial charge in [0.05, 0.1) is 12.6 Å². The molecule has 2 fully saturated rings. The van der Waals surface area contributed by atoms with Crippen molar-refractivity contribution in [1.82, 2.24) is 4.90 Å². The zero-order chi connectivity index (χ0) is 12.5. The van der Waals surface area contributed by atoms with Crippen molar-refractivity contribution in [3.8, 4) is 0 Å². The smallest absolute Gasteiger partial charge is 0.239 e. The van der Waals surface area contributed by atoms with E-state index in [2.05, 4.69) is 0 Å². The lowest BCUT2D eigenvalue weighted by Crippen LogP contribution is -2.42. The van der Waals surface area contributed by atoms with Crippen molar-refractivity contribution in [2.75, 3.05) is 26.8 Å². The number of nitrogens with two attached hydrogens (primary N) is 1. The molecule has 1 aliphatic heterocycles. The maximum absolute atomic E-state index is 12.0. The lowest BCUT2D eigenvalue weighted by atomic mass is 9.69. The van der Waals surface area contributed by atoms with Crippen LogP contribution in [-0.4, -0.2) is 43.7 Å². The average molecular weight is 240 g/mol. The molecule has 0 aromatic rings. The maximum atomic E-state index is 12.0. The van der Waals surface area contributed by atoms with Gasteiger partial charge in [0.2, 0.25) is 5.91 Å². The highest BCUT2D eigenvalue weighted by Gasteiger charge is 2.49. The van der Waals surface area contributed by atoms with Gasteiger partial charge in [-0.25, -0.2) is 0 Å². The van der Waals surface area contributed by atoms with E-state index in [9.17, 15) is 4.79 Å². The summed E-state index contributed by atoms with van der Waals surface area (Å²) in [6.07, 6.45) is 4.97. The largest absolute Gasteiger partial charge is 0.384 e. The van der Waals surface area contributed by atoms with E-state index in [-0.39, 0.29) is 17.4 Å². The minimum atomic E-state index is -0.380. The number of nitrogens with zero attached hydrogens (tertiary/aromatic N) is 1. The molecule has 4 heteroatoms. The fourth-order valence-corrected chi connectivity index (χ4v) is 3.56.